The fourth-order valence-electron chi connectivity index (χ4n) is 3.62. The number of methoxy groups -OCH3 is 1. The summed E-state index contributed by atoms with van der Waals surface area (Å²) in [4.78, 5) is 11.6. The van der Waals surface area contributed by atoms with Crippen LogP contribution in [0.15, 0.2) is 66.2 Å². The van der Waals surface area contributed by atoms with Crippen molar-refractivity contribution in [2.45, 2.75) is 5.92 Å². The third-order valence-electron chi connectivity index (χ3n) is 4.89. The fourth-order valence-corrected chi connectivity index (χ4v) is 3.62. The highest BCUT2D eigenvalue weighted by Crippen LogP contribution is 2.46. The Hall–Kier alpha value is -3.74. The molecule has 0 saturated carbocycles. The van der Waals surface area contributed by atoms with Crippen LogP contribution in [0.1, 0.15) is 17.0 Å². The van der Waals surface area contributed by atoms with E-state index in [1.807, 2.05) is 6.07 Å². The van der Waals surface area contributed by atoms with Gasteiger partial charge in [0, 0.05) is 12.6 Å². The Morgan fingerprint density at radius 1 is 1.14 bits per heavy atom. The van der Waals surface area contributed by atoms with Gasteiger partial charge in [-0.05, 0) is 46.7 Å². The van der Waals surface area contributed by atoms with Gasteiger partial charge in [0.15, 0.2) is 0 Å². The van der Waals surface area contributed by atoms with Crippen molar-refractivity contribution in [3.63, 3.8) is 0 Å². The number of phenols is 1. The van der Waals surface area contributed by atoms with Gasteiger partial charge in [-0.25, -0.2) is 0 Å². The Kier molecular flexibility index (Phi) is 4.27. The van der Waals surface area contributed by atoms with Gasteiger partial charge in [-0.15, -0.1) is 0 Å². The average molecular weight is 378 g/mol. The predicted molar refractivity (Wildman–Crippen MR) is 104 cm³/mol. The van der Waals surface area contributed by atoms with Gasteiger partial charge in [0.1, 0.15) is 23.2 Å². The lowest BCUT2D eigenvalue weighted by atomic mass is 9.83. The number of nitrogens with zero attached hydrogens (tertiary/aromatic N) is 1. The zero-order chi connectivity index (χ0) is 19.8. The third-order valence-corrected chi connectivity index (χ3v) is 4.89. The molecule has 0 amide bonds. The molecule has 1 aliphatic heterocycles. The monoisotopic (exact) mass is 378 g/mol. The average Bonchev–Trinajstić information content (AvgIpc) is 2.71. The molecule has 0 bridgehead atoms. The minimum absolute atomic E-state index is 0.0837. The first kappa shape index (κ1) is 17.7. The molecule has 0 aliphatic carbocycles. The molecule has 0 saturated heterocycles. The Bertz CT molecular complexity index is 1110. The van der Waals surface area contributed by atoms with E-state index in [2.05, 4.69) is 5.32 Å². The van der Waals surface area contributed by atoms with E-state index in [1.54, 1.807) is 62.7 Å². The number of fused-ring (bicyclic) bond motifs is 3. The number of allylic oxidation sites excluding steroid dienone is 1. The smallest absolute Gasteiger partial charge is 0.317 e. The zero-order valence-electron chi connectivity index (χ0n) is 15.3. The molecule has 2 N–H and O–H groups in total. The lowest BCUT2D eigenvalue weighted by Crippen LogP contribution is -2.28. The first-order valence-corrected chi connectivity index (χ1v) is 8.67. The molecule has 0 spiro atoms. The Balaban J connectivity index is 2.05. The molecule has 4 rings (SSSR count). The molecule has 0 aromatic heterocycles. The Labute approximate surface area is 161 Å². The quantitative estimate of drug-likeness (QED) is 0.531. The summed E-state index contributed by atoms with van der Waals surface area (Å²) < 4.78 is 11.0. The van der Waals surface area contributed by atoms with E-state index in [9.17, 15) is 15.2 Å². The number of phenolic OH excluding ortho intramolecular Hbond substituents is 1. The summed E-state index contributed by atoms with van der Waals surface area (Å²) in [5.41, 5.74) is 1.28. The minimum atomic E-state index is -0.683. The van der Waals surface area contributed by atoms with Crippen LogP contribution in [0, 0.1) is 10.1 Å². The largest absolute Gasteiger partial charge is 0.508 e. The van der Waals surface area contributed by atoms with Crippen LogP contribution >= 0.6 is 0 Å². The summed E-state index contributed by atoms with van der Waals surface area (Å²) in [6.07, 6.45) is 0. The Morgan fingerprint density at radius 2 is 1.86 bits per heavy atom. The van der Waals surface area contributed by atoms with Crippen LogP contribution in [0.5, 0.6) is 17.2 Å². The summed E-state index contributed by atoms with van der Waals surface area (Å²) in [5, 5.41) is 26.4. The van der Waals surface area contributed by atoms with Gasteiger partial charge >= 0.3 is 5.70 Å². The summed E-state index contributed by atoms with van der Waals surface area (Å²) >= 11 is 0. The number of hydrogen-bond donors (Lipinski definition) is 2. The maximum atomic E-state index is 12.0. The second kappa shape index (κ2) is 6.77. The molecule has 0 fully saturated rings. The van der Waals surface area contributed by atoms with Crippen molar-refractivity contribution in [1.29, 1.82) is 0 Å². The van der Waals surface area contributed by atoms with Gasteiger partial charge in [-0.3, -0.25) is 10.1 Å². The molecule has 0 radical (unpaired) electrons. The highest BCUT2D eigenvalue weighted by Gasteiger charge is 2.40. The Morgan fingerprint density at radius 3 is 2.50 bits per heavy atom. The summed E-state index contributed by atoms with van der Waals surface area (Å²) in [6, 6.07) is 15.8. The van der Waals surface area contributed by atoms with Crippen molar-refractivity contribution >= 4 is 10.8 Å². The van der Waals surface area contributed by atoms with E-state index in [-0.39, 0.29) is 17.3 Å². The normalized spacial score (nSPS) is 15.7. The number of aromatic hydroxyl groups is 1. The number of benzene rings is 3. The van der Waals surface area contributed by atoms with Crippen LogP contribution in [0.3, 0.4) is 0 Å². The van der Waals surface area contributed by atoms with E-state index < -0.39 is 10.8 Å². The second-order valence-corrected chi connectivity index (χ2v) is 6.41. The molecule has 1 aliphatic rings. The van der Waals surface area contributed by atoms with Crippen molar-refractivity contribution < 1.29 is 19.5 Å². The summed E-state index contributed by atoms with van der Waals surface area (Å²) in [6.45, 7) is 0. The minimum Gasteiger partial charge on any atom is -0.508 e. The SMILES string of the molecule is CNC1=C([N+](=O)[O-])C(c2ccc(OC)cc2)c2c(ccc3ccc(O)cc23)O1. The van der Waals surface area contributed by atoms with E-state index in [0.717, 1.165) is 10.9 Å². The fraction of sp³-hybridized carbons (Fsp3) is 0.143. The van der Waals surface area contributed by atoms with Crippen molar-refractivity contribution in [2.24, 2.45) is 0 Å². The summed E-state index contributed by atoms with van der Waals surface area (Å²) in [5.74, 6) is 0.664. The zero-order valence-corrected chi connectivity index (χ0v) is 15.3. The standard InChI is InChI=1S/C21H18N2O5/c1-22-21-20(23(25)26)18(13-4-8-15(27-2)9-5-13)19-16-11-14(24)7-3-12(16)6-10-17(19)28-21/h3-11,18,22,24H,1-2H3. The van der Waals surface area contributed by atoms with E-state index in [1.165, 1.54) is 0 Å². The molecule has 28 heavy (non-hydrogen) atoms. The van der Waals surface area contributed by atoms with Gasteiger partial charge in [0.2, 0.25) is 0 Å². The van der Waals surface area contributed by atoms with Crippen LogP contribution < -0.4 is 14.8 Å². The van der Waals surface area contributed by atoms with E-state index >= 15 is 0 Å². The topological polar surface area (TPSA) is 93.9 Å². The van der Waals surface area contributed by atoms with Gasteiger partial charge in [0.25, 0.3) is 5.88 Å². The van der Waals surface area contributed by atoms with Crippen molar-refractivity contribution in [1.82, 2.24) is 5.32 Å². The molecular weight excluding hydrogens is 360 g/mol. The lowest BCUT2D eigenvalue weighted by molar-refractivity contribution is -0.432. The van der Waals surface area contributed by atoms with E-state index in [4.69, 9.17) is 9.47 Å². The van der Waals surface area contributed by atoms with E-state index in [0.29, 0.717) is 22.4 Å². The van der Waals surface area contributed by atoms with Crippen molar-refractivity contribution in [3.05, 3.63) is 87.4 Å². The second-order valence-electron chi connectivity index (χ2n) is 6.41. The number of nitrogens with one attached hydrogen (secondary N) is 1. The van der Waals surface area contributed by atoms with Crippen LogP contribution in [0.2, 0.25) is 0 Å². The number of ether oxygens (including phenoxy) is 2. The van der Waals surface area contributed by atoms with Crippen LogP contribution in [-0.2, 0) is 0 Å². The molecule has 3 aromatic carbocycles. The number of nitro groups is 1. The maximum Gasteiger partial charge on any atom is 0.317 e. The first-order chi connectivity index (χ1) is 13.5. The molecule has 1 unspecified atom stereocenters. The predicted octanol–water partition coefficient (Wildman–Crippen LogP) is 3.74. The first-order valence-electron chi connectivity index (χ1n) is 8.67. The molecule has 7 nitrogen and oxygen atoms in total. The molecule has 142 valence electrons. The van der Waals surface area contributed by atoms with Gasteiger partial charge in [0.05, 0.1) is 12.0 Å². The number of hydrogen-bond acceptors (Lipinski definition) is 6. The molecule has 3 aromatic rings. The summed E-state index contributed by atoms with van der Waals surface area (Å²) in [7, 11) is 3.15. The number of rotatable bonds is 4. The highest BCUT2D eigenvalue weighted by molar-refractivity contribution is 5.90. The van der Waals surface area contributed by atoms with Crippen molar-refractivity contribution in [2.75, 3.05) is 14.2 Å². The van der Waals surface area contributed by atoms with Crippen LogP contribution in [0.25, 0.3) is 10.8 Å². The van der Waals surface area contributed by atoms with Crippen LogP contribution in [-0.4, -0.2) is 24.2 Å². The van der Waals surface area contributed by atoms with Gasteiger partial charge in [-0.1, -0.05) is 24.3 Å². The van der Waals surface area contributed by atoms with Crippen molar-refractivity contribution in [3.8, 4) is 17.2 Å². The van der Waals surface area contributed by atoms with Gasteiger partial charge < -0.3 is 19.9 Å². The third kappa shape index (κ3) is 2.77. The molecule has 1 heterocycles. The maximum absolute atomic E-state index is 12.0. The molecule has 1 atom stereocenters. The molecule has 7 heteroatoms. The lowest BCUT2D eigenvalue weighted by Gasteiger charge is -2.27. The van der Waals surface area contributed by atoms with Crippen LogP contribution in [0.4, 0.5) is 0 Å². The van der Waals surface area contributed by atoms with Gasteiger partial charge in [-0.2, -0.15) is 0 Å². The highest BCUT2D eigenvalue weighted by atomic mass is 16.6. The molecular formula is C21H18N2O5.